The van der Waals surface area contributed by atoms with Crippen LogP contribution in [0.2, 0.25) is 0 Å². The predicted molar refractivity (Wildman–Crippen MR) is 120 cm³/mol. The molecule has 1 fully saturated rings. The van der Waals surface area contributed by atoms with Crippen LogP contribution < -0.4 is 9.47 Å². The summed E-state index contributed by atoms with van der Waals surface area (Å²) < 4.78 is 15.5. The summed E-state index contributed by atoms with van der Waals surface area (Å²) in [6.45, 7) is 4.40. The minimum Gasteiger partial charge on any atom is -0.497 e. The molecule has 0 aliphatic carbocycles. The molecule has 1 aliphatic heterocycles. The molecule has 30 heavy (non-hydrogen) atoms. The number of rotatable bonds is 7. The Kier molecular flexibility index (Phi) is 6.20. The molecule has 3 aromatic rings. The Morgan fingerprint density at radius 2 is 1.77 bits per heavy atom. The van der Waals surface area contributed by atoms with Gasteiger partial charge in [-0.15, -0.1) is 0 Å². The van der Waals surface area contributed by atoms with E-state index in [1.165, 1.54) is 12.0 Å². The molecule has 4 rings (SSSR count). The largest absolute Gasteiger partial charge is 0.497 e. The first kappa shape index (κ1) is 20.6. The monoisotopic (exact) mass is 424 g/mol. The van der Waals surface area contributed by atoms with Gasteiger partial charge in [0.25, 0.3) is 0 Å². The lowest BCUT2D eigenvalue weighted by Gasteiger charge is -2.24. The molecule has 0 radical (unpaired) electrons. The van der Waals surface area contributed by atoms with Gasteiger partial charge in [0.1, 0.15) is 11.5 Å². The molecule has 2 heterocycles. The normalized spacial score (nSPS) is 16.7. The van der Waals surface area contributed by atoms with Gasteiger partial charge >= 0.3 is 0 Å². The summed E-state index contributed by atoms with van der Waals surface area (Å²) in [5, 5.41) is 4.84. The zero-order valence-corrected chi connectivity index (χ0v) is 18.6. The minimum atomic E-state index is 0.369. The maximum atomic E-state index is 5.69. The number of nitrogens with zero attached hydrogens (tertiary/aromatic N) is 4. The summed E-state index contributed by atoms with van der Waals surface area (Å²) in [6.07, 6.45) is 2.31. The lowest BCUT2D eigenvalue weighted by atomic mass is 10.0. The summed E-state index contributed by atoms with van der Waals surface area (Å²) in [4.78, 5) is 2.45. The number of aromatic nitrogens is 3. The van der Waals surface area contributed by atoms with Gasteiger partial charge in [-0.05, 0) is 73.9 Å². The summed E-state index contributed by atoms with van der Waals surface area (Å²) >= 11 is 5.69. The second kappa shape index (κ2) is 9.02. The number of benzene rings is 2. The van der Waals surface area contributed by atoms with Crippen molar-refractivity contribution in [2.24, 2.45) is 7.05 Å². The highest BCUT2D eigenvalue weighted by molar-refractivity contribution is 7.71. The Labute approximate surface area is 182 Å². The third kappa shape index (κ3) is 4.13. The third-order valence-electron chi connectivity index (χ3n) is 5.64. The van der Waals surface area contributed by atoms with Crippen molar-refractivity contribution in [3.05, 3.63) is 58.9 Å². The topological polar surface area (TPSA) is 44.4 Å². The van der Waals surface area contributed by atoms with E-state index in [9.17, 15) is 0 Å². The van der Waals surface area contributed by atoms with E-state index < -0.39 is 0 Å². The van der Waals surface area contributed by atoms with Crippen molar-refractivity contribution in [1.29, 1.82) is 0 Å². The molecule has 158 valence electrons. The second-order valence-electron chi connectivity index (χ2n) is 7.51. The van der Waals surface area contributed by atoms with Gasteiger partial charge in [-0.25, -0.2) is 4.68 Å². The van der Waals surface area contributed by atoms with E-state index in [1.54, 1.807) is 7.11 Å². The number of ether oxygens (including phenoxy) is 2. The molecule has 7 heteroatoms. The third-order valence-corrected chi connectivity index (χ3v) is 6.13. The van der Waals surface area contributed by atoms with Gasteiger partial charge in [0.15, 0.2) is 10.6 Å². The highest BCUT2D eigenvalue weighted by Gasteiger charge is 2.27. The van der Waals surface area contributed by atoms with E-state index in [1.807, 2.05) is 47.5 Å². The quantitative estimate of drug-likeness (QED) is 0.509. The Morgan fingerprint density at radius 3 is 2.43 bits per heavy atom. The summed E-state index contributed by atoms with van der Waals surface area (Å²) in [6, 6.07) is 16.8. The maximum Gasteiger partial charge on any atom is 0.199 e. The van der Waals surface area contributed by atoms with Gasteiger partial charge in [0.2, 0.25) is 0 Å². The summed E-state index contributed by atoms with van der Waals surface area (Å²) in [5.41, 5.74) is 2.33. The molecular formula is C23H28N4O2S. The van der Waals surface area contributed by atoms with Crippen molar-refractivity contribution in [1.82, 2.24) is 19.2 Å². The van der Waals surface area contributed by atoms with Crippen LogP contribution in [0.15, 0.2) is 48.5 Å². The molecule has 1 atom stereocenters. The predicted octanol–water partition coefficient (Wildman–Crippen LogP) is 4.82. The lowest BCUT2D eigenvalue weighted by molar-refractivity contribution is 0.190. The van der Waals surface area contributed by atoms with Gasteiger partial charge in [0.05, 0.1) is 20.4 Å². The zero-order valence-electron chi connectivity index (χ0n) is 17.7. The van der Waals surface area contributed by atoms with Crippen molar-refractivity contribution in [2.75, 3.05) is 20.3 Å². The van der Waals surface area contributed by atoms with Crippen LogP contribution in [-0.2, 0) is 13.7 Å². The lowest BCUT2D eigenvalue weighted by Crippen LogP contribution is -2.27. The van der Waals surface area contributed by atoms with E-state index in [4.69, 9.17) is 26.8 Å². The van der Waals surface area contributed by atoms with Crippen molar-refractivity contribution in [3.8, 4) is 22.9 Å². The standard InChI is InChI=1S/C23H28N4O2S/c1-4-29-20-13-7-17(8-14-20)21-6-5-15-26(21)16-27-23(30)25(2)22(24-27)18-9-11-19(28-3)12-10-18/h7-14,21H,4-6,15-16H2,1-3H3/t21-/m0/s1. The fourth-order valence-corrected chi connectivity index (χ4v) is 4.25. The summed E-state index contributed by atoms with van der Waals surface area (Å²) in [7, 11) is 3.64. The fourth-order valence-electron chi connectivity index (χ4n) is 4.07. The van der Waals surface area contributed by atoms with Crippen LogP contribution in [0.5, 0.6) is 11.5 Å². The Balaban J connectivity index is 1.55. The van der Waals surface area contributed by atoms with Crippen molar-refractivity contribution in [3.63, 3.8) is 0 Å². The van der Waals surface area contributed by atoms with Gasteiger partial charge < -0.3 is 14.0 Å². The Hall–Kier alpha value is -2.64. The number of methoxy groups -OCH3 is 1. The zero-order chi connectivity index (χ0) is 21.1. The van der Waals surface area contributed by atoms with Crippen LogP contribution in [0.25, 0.3) is 11.4 Å². The summed E-state index contributed by atoms with van der Waals surface area (Å²) in [5.74, 6) is 2.61. The van der Waals surface area contributed by atoms with Crippen molar-refractivity contribution in [2.45, 2.75) is 32.5 Å². The molecule has 0 N–H and O–H groups in total. The smallest absolute Gasteiger partial charge is 0.199 e. The van der Waals surface area contributed by atoms with Crippen LogP contribution in [-0.4, -0.2) is 39.5 Å². The van der Waals surface area contributed by atoms with Gasteiger partial charge in [-0.2, -0.15) is 5.10 Å². The molecule has 0 amide bonds. The molecule has 0 bridgehead atoms. The van der Waals surface area contributed by atoms with E-state index in [0.29, 0.717) is 19.3 Å². The average molecular weight is 425 g/mol. The molecule has 1 aliphatic rings. The minimum absolute atomic E-state index is 0.369. The fraction of sp³-hybridized carbons (Fsp3) is 0.391. The first-order valence-electron chi connectivity index (χ1n) is 10.4. The molecule has 0 saturated carbocycles. The Morgan fingerprint density at radius 1 is 1.07 bits per heavy atom. The highest BCUT2D eigenvalue weighted by atomic mass is 32.1. The van der Waals surface area contributed by atoms with E-state index in [2.05, 4.69) is 29.2 Å². The van der Waals surface area contributed by atoms with E-state index >= 15 is 0 Å². The number of hydrogen-bond acceptors (Lipinski definition) is 5. The van der Waals surface area contributed by atoms with Crippen LogP contribution >= 0.6 is 12.2 Å². The first-order chi connectivity index (χ1) is 14.6. The second-order valence-corrected chi connectivity index (χ2v) is 7.87. The van der Waals surface area contributed by atoms with E-state index in [0.717, 1.165) is 40.6 Å². The molecule has 2 aromatic carbocycles. The van der Waals surface area contributed by atoms with Crippen molar-refractivity contribution >= 4 is 12.2 Å². The highest BCUT2D eigenvalue weighted by Crippen LogP contribution is 2.33. The van der Waals surface area contributed by atoms with Crippen LogP contribution in [0, 0.1) is 4.77 Å². The Bertz CT molecular complexity index is 1040. The molecular weight excluding hydrogens is 396 g/mol. The van der Waals surface area contributed by atoms with E-state index in [-0.39, 0.29) is 0 Å². The molecule has 1 saturated heterocycles. The van der Waals surface area contributed by atoms with Crippen molar-refractivity contribution < 1.29 is 9.47 Å². The van der Waals surface area contributed by atoms with Crippen LogP contribution in [0.3, 0.4) is 0 Å². The molecule has 0 unspecified atom stereocenters. The van der Waals surface area contributed by atoms with Gasteiger partial charge in [0, 0.05) is 25.2 Å². The number of likely N-dealkylation sites (tertiary alicyclic amines) is 1. The van der Waals surface area contributed by atoms with Gasteiger partial charge in [-0.3, -0.25) is 4.90 Å². The average Bonchev–Trinajstić information content (AvgIpc) is 3.35. The molecule has 0 spiro atoms. The van der Waals surface area contributed by atoms with Crippen LogP contribution in [0.4, 0.5) is 0 Å². The first-order valence-corrected chi connectivity index (χ1v) is 10.8. The molecule has 6 nitrogen and oxygen atoms in total. The van der Waals surface area contributed by atoms with Gasteiger partial charge in [-0.1, -0.05) is 12.1 Å². The van der Waals surface area contributed by atoms with Crippen LogP contribution in [0.1, 0.15) is 31.4 Å². The SMILES string of the molecule is CCOc1ccc([C@@H]2CCCN2Cn2nc(-c3ccc(OC)cc3)n(C)c2=S)cc1. The maximum absolute atomic E-state index is 5.69. The molecule has 1 aromatic heterocycles. The number of hydrogen-bond donors (Lipinski definition) is 0.